The van der Waals surface area contributed by atoms with Crippen LogP contribution in [0.15, 0.2) is 170 Å². The topological polar surface area (TPSA) is 51.6 Å². The predicted octanol–water partition coefficient (Wildman–Crippen LogP) is 10.3. The van der Waals surface area contributed by atoms with Gasteiger partial charge in [0.15, 0.2) is 0 Å². The van der Waals surface area contributed by atoms with Crippen molar-refractivity contribution in [3.8, 4) is 67.3 Å². The average molecular weight is 625 g/mol. The first kappa shape index (κ1) is 27.6. The lowest BCUT2D eigenvalue weighted by molar-refractivity contribution is 0.794. The van der Waals surface area contributed by atoms with E-state index in [1.54, 1.807) is 0 Å². The monoisotopic (exact) mass is 624 g/mol. The molecule has 4 heterocycles. The minimum absolute atomic E-state index is 0.480. The summed E-state index contributed by atoms with van der Waals surface area (Å²) >= 11 is 0. The highest BCUT2D eigenvalue weighted by Gasteiger charge is 2.51. The van der Waals surface area contributed by atoms with E-state index in [9.17, 15) is 0 Å². The molecule has 2 aliphatic carbocycles. The Kier molecular flexibility index (Phi) is 6.06. The summed E-state index contributed by atoms with van der Waals surface area (Å²) in [5.41, 5.74) is 17.7. The summed E-state index contributed by atoms with van der Waals surface area (Å²) in [5, 5.41) is 0. The Balaban J connectivity index is 1.16. The molecule has 0 amide bonds. The smallest absolute Gasteiger partial charge is 0.0725 e. The van der Waals surface area contributed by atoms with Crippen LogP contribution in [0.5, 0.6) is 0 Å². The van der Waals surface area contributed by atoms with Gasteiger partial charge < -0.3 is 0 Å². The number of benzene rings is 4. The fraction of sp³-hybridized carbons (Fsp3) is 0.0222. The molecule has 0 N–H and O–H groups in total. The van der Waals surface area contributed by atoms with Gasteiger partial charge >= 0.3 is 0 Å². The standard InChI is InChI=1S/C45H28N4/c1-3-11-37-33(9-1)34-10-2-4-12-38(34)45(37)39-25-29(43-21-17-31(27-48-43)41-13-5-7-23-46-41)15-19-35(39)36-20-16-30(26-40(36)45)44-22-18-32(28-49-44)42-14-6-8-24-47-42/h1-28H. The Labute approximate surface area is 284 Å². The zero-order chi connectivity index (χ0) is 32.4. The van der Waals surface area contributed by atoms with E-state index >= 15 is 0 Å². The van der Waals surface area contributed by atoms with Crippen LogP contribution in [0.2, 0.25) is 0 Å². The van der Waals surface area contributed by atoms with E-state index in [-0.39, 0.29) is 0 Å². The lowest BCUT2D eigenvalue weighted by atomic mass is 9.70. The number of pyridine rings is 4. The first-order valence-corrected chi connectivity index (χ1v) is 16.5. The fourth-order valence-corrected chi connectivity index (χ4v) is 7.96. The van der Waals surface area contributed by atoms with Crippen LogP contribution in [0, 0.1) is 0 Å². The Bertz CT molecular complexity index is 2340. The first-order chi connectivity index (χ1) is 24.3. The van der Waals surface area contributed by atoms with E-state index in [0.29, 0.717) is 0 Å². The van der Waals surface area contributed by atoms with E-state index in [1.807, 2.05) is 61.2 Å². The van der Waals surface area contributed by atoms with Crippen molar-refractivity contribution in [3.05, 3.63) is 193 Å². The predicted molar refractivity (Wildman–Crippen MR) is 196 cm³/mol. The molecule has 8 aromatic rings. The van der Waals surface area contributed by atoms with Crippen molar-refractivity contribution < 1.29 is 0 Å². The van der Waals surface area contributed by atoms with Gasteiger partial charge in [-0.05, 0) is 105 Å². The van der Waals surface area contributed by atoms with Gasteiger partial charge in [-0.2, -0.15) is 0 Å². The largest absolute Gasteiger partial charge is 0.256 e. The molecule has 0 fully saturated rings. The van der Waals surface area contributed by atoms with Crippen LogP contribution in [-0.2, 0) is 5.41 Å². The Morgan fingerprint density at radius 2 is 0.714 bits per heavy atom. The third-order valence-electron chi connectivity index (χ3n) is 10.1. The maximum absolute atomic E-state index is 4.93. The molecule has 0 atom stereocenters. The molecule has 1 spiro atoms. The molecular formula is C45H28N4. The quantitative estimate of drug-likeness (QED) is 0.196. The van der Waals surface area contributed by atoms with E-state index in [0.717, 1.165) is 45.0 Å². The molecular weight excluding hydrogens is 597 g/mol. The summed E-state index contributed by atoms with van der Waals surface area (Å²) in [6.45, 7) is 0. The highest BCUT2D eigenvalue weighted by atomic mass is 14.7. The van der Waals surface area contributed by atoms with Gasteiger partial charge in [0.25, 0.3) is 0 Å². The number of hydrogen-bond acceptors (Lipinski definition) is 4. The highest BCUT2D eigenvalue weighted by Crippen LogP contribution is 2.63. The molecule has 2 aliphatic rings. The summed E-state index contributed by atoms with van der Waals surface area (Å²) in [6, 6.07) is 51.9. The Morgan fingerprint density at radius 1 is 0.306 bits per heavy atom. The zero-order valence-corrected chi connectivity index (χ0v) is 26.5. The molecule has 4 heteroatoms. The first-order valence-electron chi connectivity index (χ1n) is 16.5. The van der Waals surface area contributed by atoms with E-state index in [2.05, 4.69) is 119 Å². The SMILES string of the molecule is c1ccc(-c2ccc(-c3ccc4c(c3)C3(c5ccccc5-c5ccccc53)c3cc(-c5ccc(-c6ccccn6)cn5)ccc3-4)nc2)nc1. The van der Waals surface area contributed by atoms with Gasteiger partial charge in [-0.25, -0.2) is 0 Å². The molecule has 49 heavy (non-hydrogen) atoms. The van der Waals surface area contributed by atoms with Gasteiger partial charge in [-0.3, -0.25) is 19.9 Å². The third-order valence-corrected chi connectivity index (χ3v) is 10.1. The molecule has 0 saturated heterocycles. The van der Waals surface area contributed by atoms with Gasteiger partial charge in [0.2, 0.25) is 0 Å². The summed E-state index contributed by atoms with van der Waals surface area (Å²) < 4.78 is 0. The van der Waals surface area contributed by atoms with Gasteiger partial charge in [0.05, 0.1) is 28.2 Å². The van der Waals surface area contributed by atoms with Crippen molar-refractivity contribution in [1.82, 2.24) is 19.9 Å². The molecule has 0 aliphatic heterocycles. The van der Waals surface area contributed by atoms with Gasteiger partial charge in [-0.15, -0.1) is 0 Å². The van der Waals surface area contributed by atoms with Gasteiger partial charge in [0.1, 0.15) is 0 Å². The van der Waals surface area contributed by atoms with E-state index < -0.39 is 5.41 Å². The van der Waals surface area contributed by atoms with Crippen molar-refractivity contribution in [1.29, 1.82) is 0 Å². The van der Waals surface area contributed by atoms with Crippen molar-refractivity contribution in [2.75, 3.05) is 0 Å². The summed E-state index contributed by atoms with van der Waals surface area (Å²) in [4.78, 5) is 18.9. The minimum atomic E-state index is -0.480. The number of fused-ring (bicyclic) bond motifs is 10. The maximum Gasteiger partial charge on any atom is 0.0725 e. The van der Waals surface area contributed by atoms with Crippen LogP contribution in [0.4, 0.5) is 0 Å². The molecule has 10 rings (SSSR count). The van der Waals surface area contributed by atoms with Crippen LogP contribution in [0.3, 0.4) is 0 Å². The Hall–Kier alpha value is -6.52. The van der Waals surface area contributed by atoms with Crippen molar-refractivity contribution in [3.63, 3.8) is 0 Å². The highest BCUT2D eigenvalue weighted by molar-refractivity contribution is 5.96. The summed E-state index contributed by atoms with van der Waals surface area (Å²) in [5.74, 6) is 0. The number of hydrogen-bond donors (Lipinski definition) is 0. The minimum Gasteiger partial charge on any atom is -0.256 e. The number of aromatic nitrogens is 4. The van der Waals surface area contributed by atoms with Crippen LogP contribution in [-0.4, -0.2) is 19.9 Å². The van der Waals surface area contributed by atoms with Gasteiger partial charge in [0, 0.05) is 47.0 Å². The second kappa shape index (κ2) is 10.8. The Morgan fingerprint density at radius 3 is 1.14 bits per heavy atom. The van der Waals surface area contributed by atoms with Crippen LogP contribution in [0.1, 0.15) is 22.3 Å². The van der Waals surface area contributed by atoms with Gasteiger partial charge in [-0.1, -0.05) is 84.9 Å². The van der Waals surface area contributed by atoms with Crippen molar-refractivity contribution >= 4 is 0 Å². The van der Waals surface area contributed by atoms with E-state index in [1.165, 1.54) is 44.5 Å². The molecule has 228 valence electrons. The van der Waals surface area contributed by atoms with Crippen LogP contribution < -0.4 is 0 Å². The molecule has 4 aromatic carbocycles. The molecule has 4 aromatic heterocycles. The van der Waals surface area contributed by atoms with Crippen molar-refractivity contribution in [2.45, 2.75) is 5.41 Å². The molecule has 0 unspecified atom stereocenters. The van der Waals surface area contributed by atoms with Crippen LogP contribution in [0.25, 0.3) is 67.3 Å². The lowest BCUT2D eigenvalue weighted by Crippen LogP contribution is -2.26. The second-order valence-electron chi connectivity index (χ2n) is 12.7. The number of nitrogens with zero attached hydrogens (tertiary/aromatic N) is 4. The molecule has 0 radical (unpaired) electrons. The molecule has 0 saturated carbocycles. The number of rotatable bonds is 4. The fourth-order valence-electron chi connectivity index (χ4n) is 7.96. The van der Waals surface area contributed by atoms with E-state index in [4.69, 9.17) is 9.97 Å². The third kappa shape index (κ3) is 4.11. The van der Waals surface area contributed by atoms with Crippen LogP contribution >= 0.6 is 0 Å². The molecule has 0 bridgehead atoms. The average Bonchev–Trinajstić information content (AvgIpc) is 3.65. The lowest BCUT2D eigenvalue weighted by Gasteiger charge is -2.31. The summed E-state index contributed by atoms with van der Waals surface area (Å²) in [7, 11) is 0. The maximum atomic E-state index is 4.93. The second-order valence-corrected chi connectivity index (χ2v) is 12.7. The zero-order valence-electron chi connectivity index (χ0n) is 26.5. The summed E-state index contributed by atoms with van der Waals surface area (Å²) in [6.07, 6.45) is 7.48. The molecule has 4 nitrogen and oxygen atoms in total. The van der Waals surface area contributed by atoms with Crippen molar-refractivity contribution in [2.24, 2.45) is 0 Å². The normalized spacial score (nSPS) is 13.1.